The summed E-state index contributed by atoms with van der Waals surface area (Å²) in [5, 5.41) is 13.0. The first-order valence-corrected chi connectivity index (χ1v) is 4.15. The number of nitrogens with two attached hydrogens (primary N) is 1. The second kappa shape index (κ2) is 3.47. The number of anilines is 1. The van der Waals surface area contributed by atoms with Crippen LogP contribution in [0.5, 0.6) is 0 Å². The topological polar surface area (TPSA) is 77.0 Å². The Morgan fingerprint density at radius 1 is 1.36 bits per heavy atom. The number of aliphatic hydroxyl groups is 1. The first kappa shape index (κ1) is 8.71. The maximum Gasteiger partial charge on any atom is 0.138 e. The lowest BCUT2D eigenvalue weighted by Crippen LogP contribution is -1.98. The van der Waals surface area contributed by atoms with Gasteiger partial charge >= 0.3 is 0 Å². The molecule has 0 aliphatic carbocycles. The molecule has 14 heavy (non-hydrogen) atoms. The zero-order chi connectivity index (χ0) is 9.97. The Bertz CT molecular complexity index is 424. The quantitative estimate of drug-likeness (QED) is 0.669. The van der Waals surface area contributed by atoms with Gasteiger partial charge in [-0.1, -0.05) is 0 Å². The highest BCUT2D eigenvalue weighted by molar-refractivity contribution is 5.50. The lowest BCUT2D eigenvalue weighted by molar-refractivity contribution is 0.282. The van der Waals surface area contributed by atoms with Gasteiger partial charge in [0.1, 0.15) is 12.7 Å². The van der Waals surface area contributed by atoms with E-state index in [1.807, 2.05) is 6.07 Å². The van der Waals surface area contributed by atoms with Crippen LogP contribution in [0.1, 0.15) is 5.56 Å². The molecule has 0 aliphatic heterocycles. The van der Waals surface area contributed by atoms with Crippen molar-refractivity contribution in [2.24, 2.45) is 0 Å². The van der Waals surface area contributed by atoms with Gasteiger partial charge in [0.2, 0.25) is 0 Å². The molecule has 0 atom stereocenters. The minimum Gasteiger partial charge on any atom is -0.399 e. The van der Waals surface area contributed by atoms with Crippen molar-refractivity contribution in [1.82, 2.24) is 14.8 Å². The number of rotatable bonds is 2. The van der Waals surface area contributed by atoms with E-state index in [0.29, 0.717) is 5.69 Å². The summed E-state index contributed by atoms with van der Waals surface area (Å²) < 4.78 is 1.59. The third-order valence-electron chi connectivity index (χ3n) is 1.87. The van der Waals surface area contributed by atoms with Crippen LogP contribution in [-0.4, -0.2) is 19.9 Å². The van der Waals surface area contributed by atoms with Crippen LogP contribution in [0.2, 0.25) is 0 Å². The summed E-state index contributed by atoms with van der Waals surface area (Å²) in [7, 11) is 0. The third-order valence-corrected chi connectivity index (χ3v) is 1.87. The van der Waals surface area contributed by atoms with Crippen molar-refractivity contribution in [1.29, 1.82) is 0 Å². The maximum absolute atomic E-state index is 8.98. The predicted molar refractivity (Wildman–Crippen MR) is 51.7 cm³/mol. The van der Waals surface area contributed by atoms with Crippen molar-refractivity contribution in [2.45, 2.75) is 6.61 Å². The van der Waals surface area contributed by atoms with Gasteiger partial charge in [-0.05, 0) is 23.8 Å². The highest BCUT2D eigenvalue weighted by atomic mass is 16.3. The Morgan fingerprint density at radius 3 is 2.86 bits per heavy atom. The number of hydrogen-bond donors (Lipinski definition) is 2. The van der Waals surface area contributed by atoms with Crippen molar-refractivity contribution in [3.8, 4) is 5.69 Å². The predicted octanol–water partition coefficient (Wildman–Crippen LogP) is 0.342. The summed E-state index contributed by atoms with van der Waals surface area (Å²) in [5.41, 5.74) is 7.83. The fourth-order valence-electron chi connectivity index (χ4n) is 1.26. The summed E-state index contributed by atoms with van der Waals surface area (Å²) in [6.45, 7) is -0.0350. The molecule has 1 aromatic heterocycles. The Hall–Kier alpha value is -1.88. The lowest BCUT2D eigenvalue weighted by atomic mass is 10.2. The van der Waals surface area contributed by atoms with Crippen LogP contribution < -0.4 is 5.73 Å². The van der Waals surface area contributed by atoms with E-state index in [4.69, 9.17) is 10.8 Å². The fraction of sp³-hybridized carbons (Fsp3) is 0.111. The molecule has 1 heterocycles. The molecule has 0 spiro atoms. The molecule has 5 nitrogen and oxygen atoms in total. The van der Waals surface area contributed by atoms with Gasteiger partial charge < -0.3 is 10.8 Å². The zero-order valence-corrected chi connectivity index (χ0v) is 7.46. The first-order chi connectivity index (χ1) is 6.79. The Labute approximate surface area is 80.8 Å². The molecule has 0 bridgehead atoms. The Morgan fingerprint density at radius 2 is 2.21 bits per heavy atom. The van der Waals surface area contributed by atoms with E-state index >= 15 is 0 Å². The first-order valence-electron chi connectivity index (χ1n) is 4.15. The molecule has 1 aromatic carbocycles. The number of nitrogens with zero attached hydrogens (tertiary/aromatic N) is 3. The molecular weight excluding hydrogens is 180 g/mol. The summed E-state index contributed by atoms with van der Waals surface area (Å²) in [5.74, 6) is 0. The highest BCUT2D eigenvalue weighted by Gasteiger charge is 2.00. The van der Waals surface area contributed by atoms with E-state index in [-0.39, 0.29) is 6.61 Å². The summed E-state index contributed by atoms with van der Waals surface area (Å²) in [4.78, 5) is 3.83. The van der Waals surface area contributed by atoms with Gasteiger partial charge in [-0.3, -0.25) is 0 Å². The highest BCUT2D eigenvalue weighted by Crippen LogP contribution is 2.14. The van der Waals surface area contributed by atoms with E-state index in [2.05, 4.69) is 10.1 Å². The van der Waals surface area contributed by atoms with Crippen LogP contribution in [0.15, 0.2) is 30.9 Å². The molecule has 2 aromatic rings. The van der Waals surface area contributed by atoms with Crippen molar-refractivity contribution in [2.75, 3.05) is 5.73 Å². The Balaban J connectivity index is 2.48. The van der Waals surface area contributed by atoms with Gasteiger partial charge in [0, 0.05) is 5.69 Å². The molecular formula is C9H10N4O. The van der Waals surface area contributed by atoms with E-state index in [0.717, 1.165) is 11.3 Å². The van der Waals surface area contributed by atoms with Crippen LogP contribution in [0, 0.1) is 0 Å². The minimum atomic E-state index is -0.0350. The van der Waals surface area contributed by atoms with Gasteiger partial charge in [0.25, 0.3) is 0 Å². The molecule has 0 fully saturated rings. The second-order valence-corrected chi connectivity index (χ2v) is 2.93. The second-order valence-electron chi connectivity index (χ2n) is 2.93. The number of aliphatic hydroxyl groups excluding tert-OH is 1. The van der Waals surface area contributed by atoms with Gasteiger partial charge in [-0.25, -0.2) is 9.67 Å². The van der Waals surface area contributed by atoms with E-state index in [1.54, 1.807) is 23.1 Å². The smallest absolute Gasteiger partial charge is 0.138 e. The van der Waals surface area contributed by atoms with Crippen molar-refractivity contribution >= 4 is 5.69 Å². The van der Waals surface area contributed by atoms with E-state index in [9.17, 15) is 0 Å². The fourth-order valence-corrected chi connectivity index (χ4v) is 1.26. The normalized spacial score (nSPS) is 10.4. The molecule has 0 amide bonds. The van der Waals surface area contributed by atoms with Gasteiger partial charge in [-0.15, -0.1) is 0 Å². The van der Waals surface area contributed by atoms with Crippen molar-refractivity contribution in [3.63, 3.8) is 0 Å². The lowest BCUT2D eigenvalue weighted by Gasteiger charge is -2.04. The summed E-state index contributed by atoms with van der Waals surface area (Å²) in [6, 6.07) is 5.30. The largest absolute Gasteiger partial charge is 0.399 e. The molecule has 3 N–H and O–H groups in total. The Kier molecular flexibility index (Phi) is 2.16. The molecule has 2 rings (SSSR count). The van der Waals surface area contributed by atoms with Crippen LogP contribution >= 0.6 is 0 Å². The molecule has 0 saturated heterocycles. The number of aromatic nitrogens is 3. The maximum atomic E-state index is 8.98. The number of benzene rings is 1. The average molecular weight is 190 g/mol. The molecule has 72 valence electrons. The number of nitrogen functional groups attached to an aromatic ring is 1. The minimum absolute atomic E-state index is 0.0350. The van der Waals surface area contributed by atoms with Crippen LogP contribution in [0.25, 0.3) is 5.69 Å². The molecule has 5 heteroatoms. The van der Waals surface area contributed by atoms with Gasteiger partial charge in [-0.2, -0.15) is 5.10 Å². The SMILES string of the molecule is Nc1cc(CO)cc(-n2cncn2)c1. The van der Waals surface area contributed by atoms with Crippen LogP contribution in [0.3, 0.4) is 0 Å². The zero-order valence-electron chi connectivity index (χ0n) is 7.46. The van der Waals surface area contributed by atoms with Crippen LogP contribution in [0.4, 0.5) is 5.69 Å². The summed E-state index contributed by atoms with van der Waals surface area (Å²) >= 11 is 0. The van der Waals surface area contributed by atoms with Crippen molar-refractivity contribution in [3.05, 3.63) is 36.4 Å². The molecule has 0 saturated carbocycles. The van der Waals surface area contributed by atoms with E-state index < -0.39 is 0 Å². The number of hydrogen-bond acceptors (Lipinski definition) is 4. The van der Waals surface area contributed by atoms with Crippen molar-refractivity contribution < 1.29 is 5.11 Å². The standard InChI is InChI=1S/C9H10N4O/c10-8-1-7(4-14)2-9(3-8)13-6-11-5-12-13/h1-3,5-6,14H,4,10H2. The summed E-state index contributed by atoms with van der Waals surface area (Å²) in [6.07, 6.45) is 3.03. The van der Waals surface area contributed by atoms with E-state index in [1.165, 1.54) is 6.33 Å². The third kappa shape index (κ3) is 1.57. The average Bonchev–Trinajstić information content (AvgIpc) is 2.69. The molecule has 0 unspecified atom stereocenters. The van der Waals surface area contributed by atoms with Gasteiger partial charge in [0.05, 0.1) is 12.3 Å². The monoisotopic (exact) mass is 190 g/mol. The van der Waals surface area contributed by atoms with Gasteiger partial charge in [0.15, 0.2) is 0 Å². The molecule has 0 radical (unpaired) electrons. The van der Waals surface area contributed by atoms with Crippen LogP contribution in [-0.2, 0) is 6.61 Å². The molecule has 0 aliphatic rings.